The molecule has 1 N–H and O–H groups in total. The number of carbonyl (C=O) groups is 2. The molecule has 0 saturated carbocycles. The zero-order valence-corrected chi connectivity index (χ0v) is 19.5. The fourth-order valence-electron chi connectivity index (χ4n) is 4.49. The van der Waals surface area contributed by atoms with Crippen LogP contribution in [0.5, 0.6) is 0 Å². The first-order valence-corrected chi connectivity index (χ1v) is 11.3. The van der Waals surface area contributed by atoms with Gasteiger partial charge in [-0.2, -0.15) is 0 Å². The van der Waals surface area contributed by atoms with Crippen LogP contribution in [0.1, 0.15) is 51.2 Å². The fraction of sp³-hybridized carbons (Fsp3) is 0.308. The largest absolute Gasteiger partial charge is 0.443 e. The summed E-state index contributed by atoms with van der Waals surface area (Å²) < 4.78 is 8.56. The Hall–Kier alpha value is -3.94. The molecule has 0 saturated heterocycles. The van der Waals surface area contributed by atoms with Crippen molar-refractivity contribution in [1.82, 2.24) is 19.4 Å². The monoisotopic (exact) mass is 458 g/mol. The van der Waals surface area contributed by atoms with E-state index in [0.717, 1.165) is 10.9 Å². The van der Waals surface area contributed by atoms with E-state index in [2.05, 4.69) is 5.32 Å². The Morgan fingerprint density at radius 3 is 2.47 bits per heavy atom. The molecule has 0 bridgehead atoms. The highest BCUT2D eigenvalue weighted by Crippen LogP contribution is 2.30. The summed E-state index contributed by atoms with van der Waals surface area (Å²) >= 11 is 0. The van der Waals surface area contributed by atoms with Gasteiger partial charge in [0, 0.05) is 18.0 Å². The Balaban J connectivity index is 1.62. The predicted molar refractivity (Wildman–Crippen MR) is 129 cm³/mol. The molecule has 0 unspecified atom stereocenters. The Labute approximate surface area is 196 Å². The highest BCUT2D eigenvalue weighted by molar-refractivity contribution is 5.92. The van der Waals surface area contributed by atoms with Crippen molar-refractivity contribution in [2.45, 2.75) is 51.8 Å². The van der Waals surface area contributed by atoms with Crippen LogP contribution in [0.2, 0.25) is 0 Å². The number of carbonyl (C=O) groups excluding carboxylic acids is 2. The number of rotatable bonds is 2. The maximum absolute atomic E-state index is 13.2. The van der Waals surface area contributed by atoms with Crippen molar-refractivity contribution in [2.75, 3.05) is 0 Å². The van der Waals surface area contributed by atoms with Crippen LogP contribution in [-0.4, -0.2) is 31.7 Å². The van der Waals surface area contributed by atoms with Gasteiger partial charge < -0.3 is 10.1 Å². The second-order valence-electron chi connectivity index (χ2n) is 9.63. The van der Waals surface area contributed by atoms with Gasteiger partial charge >= 0.3 is 6.09 Å². The zero-order valence-electron chi connectivity index (χ0n) is 19.5. The molecule has 1 amide bonds. The summed E-state index contributed by atoms with van der Waals surface area (Å²) in [5.74, 6) is 0.262. The Morgan fingerprint density at radius 1 is 1.06 bits per heavy atom. The van der Waals surface area contributed by atoms with Crippen LogP contribution >= 0.6 is 0 Å². The zero-order chi connectivity index (χ0) is 24.2. The topological polar surface area (TPSA) is 95.2 Å². The molecule has 1 aliphatic rings. The number of nitrogens with zero attached hydrogens (tertiary/aromatic N) is 3. The minimum atomic E-state index is -0.668. The molecule has 8 nitrogen and oxygen atoms in total. The van der Waals surface area contributed by atoms with E-state index in [1.165, 1.54) is 9.13 Å². The van der Waals surface area contributed by atoms with E-state index in [0.29, 0.717) is 28.7 Å². The summed E-state index contributed by atoms with van der Waals surface area (Å²) in [5, 5.41) is 4.37. The summed E-state index contributed by atoms with van der Waals surface area (Å²) in [6.07, 6.45) is 1.63. The molecule has 1 aliphatic heterocycles. The maximum Gasteiger partial charge on any atom is 0.419 e. The second-order valence-corrected chi connectivity index (χ2v) is 9.63. The summed E-state index contributed by atoms with van der Waals surface area (Å²) in [6.45, 7) is 7.16. The molecule has 0 fully saturated rings. The number of para-hydroxylation sites is 2. The standard InChI is InChI=1S/C26H26N4O4/c1-15-23(31)28-20(22-27-19-11-7-5-10-18(19)24(32)30(15)22)13-16-14-29(25(33)34-26(2,3)4)21-12-8-6-9-17(16)21/h5-12,14-15,20H,13H2,1-4H3,(H,28,31)/t15-,20-/m0/s1. The molecule has 2 atom stereocenters. The average Bonchev–Trinajstić information content (AvgIpc) is 3.15. The Morgan fingerprint density at radius 2 is 1.74 bits per heavy atom. The van der Waals surface area contributed by atoms with Crippen molar-refractivity contribution in [1.29, 1.82) is 0 Å². The molecule has 3 heterocycles. The molecule has 2 aromatic carbocycles. The van der Waals surface area contributed by atoms with Crippen molar-refractivity contribution in [2.24, 2.45) is 0 Å². The molecule has 4 aromatic rings. The van der Waals surface area contributed by atoms with Gasteiger partial charge in [0.2, 0.25) is 5.91 Å². The van der Waals surface area contributed by atoms with Gasteiger partial charge in [-0.25, -0.2) is 9.78 Å². The maximum atomic E-state index is 13.2. The van der Waals surface area contributed by atoms with Crippen LogP contribution in [0.3, 0.4) is 0 Å². The molecule has 0 radical (unpaired) electrons. The Bertz CT molecular complexity index is 1510. The number of amides is 1. The van der Waals surface area contributed by atoms with E-state index in [4.69, 9.17) is 9.72 Å². The van der Waals surface area contributed by atoms with E-state index in [-0.39, 0.29) is 11.5 Å². The molecule has 0 aliphatic carbocycles. The molecule has 8 heteroatoms. The van der Waals surface area contributed by atoms with Crippen molar-refractivity contribution < 1.29 is 14.3 Å². The first-order valence-electron chi connectivity index (χ1n) is 11.3. The summed E-state index contributed by atoms with van der Waals surface area (Å²) in [5.41, 5.74) is 1.27. The molecular weight excluding hydrogens is 432 g/mol. The van der Waals surface area contributed by atoms with Crippen LogP contribution in [-0.2, 0) is 16.0 Å². The lowest BCUT2D eigenvalue weighted by Gasteiger charge is -2.31. The number of benzene rings is 2. The first-order chi connectivity index (χ1) is 16.1. The van der Waals surface area contributed by atoms with E-state index < -0.39 is 23.8 Å². The lowest BCUT2D eigenvalue weighted by Crippen LogP contribution is -2.47. The van der Waals surface area contributed by atoms with Crippen molar-refractivity contribution in [3.05, 3.63) is 76.5 Å². The molecule has 5 rings (SSSR count). The predicted octanol–water partition coefficient (Wildman–Crippen LogP) is 4.11. The second kappa shape index (κ2) is 7.83. The third-order valence-electron chi connectivity index (χ3n) is 6.04. The van der Waals surface area contributed by atoms with Gasteiger partial charge in [-0.05, 0) is 51.5 Å². The molecule has 0 spiro atoms. The van der Waals surface area contributed by atoms with Gasteiger partial charge in [-0.3, -0.25) is 18.7 Å². The van der Waals surface area contributed by atoms with Crippen molar-refractivity contribution >= 4 is 33.8 Å². The number of hydrogen-bond acceptors (Lipinski definition) is 5. The minimum absolute atomic E-state index is 0.232. The van der Waals surface area contributed by atoms with E-state index >= 15 is 0 Å². The SMILES string of the molecule is C[C@H]1C(=O)N[C@@H](Cc2cn(C(=O)OC(C)(C)C)c3ccccc23)c2nc3ccccc3c(=O)n21. The van der Waals surface area contributed by atoms with Gasteiger partial charge in [0.05, 0.1) is 22.5 Å². The third kappa shape index (κ3) is 3.65. The van der Waals surface area contributed by atoms with E-state index in [1.807, 2.05) is 51.1 Å². The highest BCUT2D eigenvalue weighted by Gasteiger charge is 2.34. The van der Waals surface area contributed by atoms with Gasteiger partial charge in [-0.15, -0.1) is 0 Å². The van der Waals surface area contributed by atoms with Crippen LogP contribution in [0.15, 0.2) is 59.5 Å². The fourth-order valence-corrected chi connectivity index (χ4v) is 4.49. The molecular formula is C26H26N4O4. The van der Waals surface area contributed by atoms with E-state index in [9.17, 15) is 14.4 Å². The van der Waals surface area contributed by atoms with Crippen LogP contribution < -0.4 is 10.9 Å². The highest BCUT2D eigenvalue weighted by atomic mass is 16.6. The number of nitrogens with one attached hydrogen (secondary N) is 1. The summed E-state index contributed by atoms with van der Waals surface area (Å²) in [7, 11) is 0. The van der Waals surface area contributed by atoms with Gasteiger partial charge in [0.1, 0.15) is 17.5 Å². The summed E-state index contributed by atoms with van der Waals surface area (Å²) in [4.78, 5) is 43.7. The number of fused-ring (bicyclic) bond motifs is 3. The average molecular weight is 459 g/mol. The van der Waals surface area contributed by atoms with Crippen molar-refractivity contribution in [3.63, 3.8) is 0 Å². The minimum Gasteiger partial charge on any atom is -0.443 e. The lowest BCUT2D eigenvalue weighted by atomic mass is 10.0. The van der Waals surface area contributed by atoms with E-state index in [1.54, 1.807) is 31.3 Å². The molecule has 174 valence electrons. The third-order valence-corrected chi connectivity index (χ3v) is 6.04. The van der Waals surface area contributed by atoms with Crippen LogP contribution in [0.4, 0.5) is 4.79 Å². The molecule has 34 heavy (non-hydrogen) atoms. The van der Waals surface area contributed by atoms with Gasteiger partial charge in [-0.1, -0.05) is 30.3 Å². The first kappa shape index (κ1) is 21.9. The quantitative estimate of drug-likeness (QED) is 0.488. The van der Waals surface area contributed by atoms with Gasteiger partial charge in [0.15, 0.2) is 0 Å². The number of hydrogen-bond donors (Lipinski definition) is 1. The van der Waals surface area contributed by atoms with Crippen molar-refractivity contribution in [3.8, 4) is 0 Å². The van der Waals surface area contributed by atoms with Gasteiger partial charge in [0.25, 0.3) is 5.56 Å². The Kier molecular flexibility index (Phi) is 5.04. The normalized spacial score (nSPS) is 18.1. The van der Waals surface area contributed by atoms with Crippen LogP contribution in [0, 0.1) is 0 Å². The lowest BCUT2D eigenvalue weighted by molar-refractivity contribution is -0.126. The molecule has 2 aromatic heterocycles. The smallest absolute Gasteiger partial charge is 0.419 e. The van der Waals surface area contributed by atoms with Crippen LogP contribution in [0.25, 0.3) is 21.8 Å². The number of ether oxygens (including phenoxy) is 1. The summed E-state index contributed by atoms with van der Waals surface area (Å²) in [6, 6.07) is 13.5. The number of aromatic nitrogens is 3.